The first-order valence-corrected chi connectivity index (χ1v) is 7.91. The van der Waals surface area contributed by atoms with Crippen LogP contribution in [0, 0.1) is 5.82 Å². The van der Waals surface area contributed by atoms with Crippen molar-refractivity contribution in [1.29, 1.82) is 0 Å². The third kappa shape index (κ3) is 3.57. The number of rotatable bonds is 4. The summed E-state index contributed by atoms with van der Waals surface area (Å²) in [6.45, 7) is 0.252. The zero-order chi connectivity index (χ0) is 18.0. The van der Waals surface area contributed by atoms with Gasteiger partial charge >= 0.3 is 0 Å². The summed E-state index contributed by atoms with van der Waals surface area (Å²) in [6, 6.07) is 12.5. The fraction of sp³-hybridized carbons (Fsp3) is 0.211. The maximum atomic E-state index is 13.3. The second-order valence-electron chi connectivity index (χ2n) is 5.96. The predicted octanol–water partition coefficient (Wildman–Crippen LogP) is 2.75. The van der Waals surface area contributed by atoms with Gasteiger partial charge in [-0.3, -0.25) is 19.3 Å². The number of nitrogens with zero attached hydrogens (tertiary/aromatic N) is 2. The first-order valence-electron chi connectivity index (χ1n) is 7.91. The number of benzene rings is 2. The van der Waals surface area contributed by atoms with Crippen molar-refractivity contribution in [1.82, 2.24) is 4.90 Å². The Labute approximate surface area is 144 Å². The molecule has 0 saturated carbocycles. The smallest absolute Gasteiger partial charge is 0.253 e. The van der Waals surface area contributed by atoms with Crippen molar-refractivity contribution < 1.29 is 18.8 Å². The molecule has 1 aliphatic heterocycles. The Kier molecular flexibility index (Phi) is 4.61. The number of carbonyl (C=O) groups excluding carboxylic acids is 3. The Morgan fingerprint density at radius 3 is 2.44 bits per heavy atom. The second-order valence-corrected chi connectivity index (χ2v) is 5.96. The lowest BCUT2D eigenvalue weighted by molar-refractivity contribution is -0.121. The van der Waals surface area contributed by atoms with Gasteiger partial charge in [-0.2, -0.15) is 0 Å². The fourth-order valence-electron chi connectivity index (χ4n) is 2.84. The van der Waals surface area contributed by atoms with Crippen LogP contribution in [0.2, 0.25) is 0 Å². The molecule has 0 N–H and O–H groups in total. The van der Waals surface area contributed by atoms with Gasteiger partial charge in [0.25, 0.3) is 5.91 Å². The molecule has 1 saturated heterocycles. The summed E-state index contributed by atoms with van der Waals surface area (Å²) in [7, 11) is 1.62. The van der Waals surface area contributed by atoms with E-state index in [1.54, 1.807) is 37.4 Å². The molecule has 2 aromatic rings. The topological polar surface area (TPSA) is 57.7 Å². The lowest BCUT2D eigenvalue weighted by Gasteiger charge is -2.19. The summed E-state index contributed by atoms with van der Waals surface area (Å²) >= 11 is 0. The summed E-state index contributed by atoms with van der Waals surface area (Å²) < 4.78 is 13.3. The quantitative estimate of drug-likeness (QED) is 0.804. The van der Waals surface area contributed by atoms with Crippen LogP contribution in [0.5, 0.6) is 0 Å². The van der Waals surface area contributed by atoms with Crippen LogP contribution in [-0.2, 0) is 16.1 Å². The Bertz CT molecular complexity index is 834. The minimum atomic E-state index is -0.355. The molecule has 2 aromatic carbocycles. The zero-order valence-electron chi connectivity index (χ0n) is 13.7. The van der Waals surface area contributed by atoms with Crippen LogP contribution in [0.15, 0.2) is 48.5 Å². The highest BCUT2D eigenvalue weighted by molar-refractivity contribution is 6.20. The minimum Gasteiger partial charge on any atom is -0.337 e. The molecule has 0 atom stereocenters. The summed E-state index contributed by atoms with van der Waals surface area (Å²) in [4.78, 5) is 38.9. The lowest BCUT2D eigenvalue weighted by Crippen LogP contribution is -2.29. The van der Waals surface area contributed by atoms with Gasteiger partial charge in [0.2, 0.25) is 11.8 Å². The Hall–Kier alpha value is -3.02. The first-order chi connectivity index (χ1) is 12.0. The van der Waals surface area contributed by atoms with Gasteiger partial charge in [0, 0.05) is 32.0 Å². The average molecular weight is 340 g/mol. The van der Waals surface area contributed by atoms with Gasteiger partial charge < -0.3 is 4.90 Å². The summed E-state index contributed by atoms with van der Waals surface area (Å²) in [5.74, 6) is -1.15. The van der Waals surface area contributed by atoms with Crippen LogP contribution in [-0.4, -0.2) is 29.7 Å². The van der Waals surface area contributed by atoms with Gasteiger partial charge in [0.15, 0.2) is 0 Å². The number of hydrogen-bond donors (Lipinski definition) is 0. The van der Waals surface area contributed by atoms with Gasteiger partial charge in [-0.1, -0.05) is 18.2 Å². The van der Waals surface area contributed by atoms with Crippen molar-refractivity contribution in [3.05, 3.63) is 65.5 Å². The molecule has 0 unspecified atom stereocenters. The first kappa shape index (κ1) is 16.8. The molecule has 128 valence electrons. The Morgan fingerprint density at radius 1 is 1.08 bits per heavy atom. The third-order valence-electron chi connectivity index (χ3n) is 4.06. The van der Waals surface area contributed by atoms with Gasteiger partial charge in [0.05, 0.1) is 5.69 Å². The van der Waals surface area contributed by atoms with Gasteiger partial charge in [-0.05, 0) is 35.9 Å². The largest absolute Gasteiger partial charge is 0.337 e. The summed E-state index contributed by atoms with van der Waals surface area (Å²) in [6.07, 6.45) is 0.382. The van der Waals surface area contributed by atoms with E-state index in [-0.39, 0.29) is 42.9 Å². The van der Waals surface area contributed by atoms with E-state index in [0.717, 1.165) is 4.90 Å². The third-order valence-corrected chi connectivity index (χ3v) is 4.06. The van der Waals surface area contributed by atoms with Crippen molar-refractivity contribution >= 4 is 23.4 Å². The highest BCUT2D eigenvalue weighted by atomic mass is 19.1. The van der Waals surface area contributed by atoms with E-state index in [1.165, 1.54) is 23.1 Å². The van der Waals surface area contributed by atoms with E-state index in [0.29, 0.717) is 16.8 Å². The molecular formula is C19H17FN2O3. The maximum Gasteiger partial charge on any atom is 0.253 e. The maximum absolute atomic E-state index is 13.3. The van der Waals surface area contributed by atoms with Crippen molar-refractivity contribution in [2.45, 2.75) is 19.4 Å². The molecule has 0 aliphatic carbocycles. The van der Waals surface area contributed by atoms with Crippen LogP contribution in [0.25, 0.3) is 0 Å². The number of amides is 3. The van der Waals surface area contributed by atoms with Crippen LogP contribution >= 0.6 is 0 Å². The molecule has 25 heavy (non-hydrogen) atoms. The molecule has 5 nitrogen and oxygen atoms in total. The number of imide groups is 1. The monoisotopic (exact) mass is 340 g/mol. The fourth-order valence-corrected chi connectivity index (χ4v) is 2.84. The van der Waals surface area contributed by atoms with E-state index in [2.05, 4.69) is 0 Å². The molecule has 1 aliphatic rings. The van der Waals surface area contributed by atoms with Crippen LogP contribution in [0.3, 0.4) is 0 Å². The minimum absolute atomic E-state index is 0.191. The van der Waals surface area contributed by atoms with Crippen LogP contribution in [0.1, 0.15) is 28.8 Å². The highest BCUT2D eigenvalue weighted by Gasteiger charge is 2.30. The summed E-state index contributed by atoms with van der Waals surface area (Å²) in [5.41, 5.74) is 1.44. The molecule has 6 heteroatoms. The number of carbonyl (C=O) groups is 3. The molecule has 0 radical (unpaired) electrons. The lowest BCUT2D eigenvalue weighted by atomic mass is 10.1. The second kappa shape index (κ2) is 6.84. The van der Waals surface area contributed by atoms with E-state index < -0.39 is 0 Å². The number of anilines is 1. The van der Waals surface area contributed by atoms with Crippen molar-refractivity contribution in [3.8, 4) is 0 Å². The Morgan fingerprint density at radius 2 is 1.76 bits per heavy atom. The van der Waals surface area contributed by atoms with Gasteiger partial charge in [0.1, 0.15) is 5.82 Å². The van der Waals surface area contributed by atoms with E-state index in [9.17, 15) is 18.8 Å². The molecular weight excluding hydrogens is 323 g/mol. The standard InChI is InChI=1S/C19H17FN2O3/c1-21(12-13-4-2-6-15(20)10-13)19(25)14-5-3-7-16(11-14)22-17(23)8-9-18(22)24/h2-7,10-11H,8-9,12H2,1H3. The molecule has 1 heterocycles. The van der Waals surface area contributed by atoms with E-state index >= 15 is 0 Å². The van der Waals surface area contributed by atoms with Crippen molar-refractivity contribution in [2.24, 2.45) is 0 Å². The van der Waals surface area contributed by atoms with Gasteiger partial charge in [-0.25, -0.2) is 4.39 Å². The van der Waals surface area contributed by atoms with Gasteiger partial charge in [-0.15, -0.1) is 0 Å². The number of hydrogen-bond acceptors (Lipinski definition) is 3. The van der Waals surface area contributed by atoms with Crippen LogP contribution < -0.4 is 4.90 Å². The SMILES string of the molecule is CN(Cc1cccc(F)c1)C(=O)c1cccc(N2C(=O)CCC2=O)c1. The highest BCUT2D eigenvalue weighted by Crippen LogP contribution is 2.24. The number of halogens is 1. The van der Waals surface area contributed by atoms with Crippen molar-refractivity contribution in [2.75, 3.05) is 11.9 Å². The molecule has 0 bridgehead atoms. The molecule has 0 aromatic heterocycles. The van der Waals surface area contributed by atoms with Crippen molar-refractivity contribution in [3.63, 3.8) is 0 Å². The molecule has 0 spiro atoms. The average Bonchev–Trinajstić information content (AvgIpc) is 2.93. The zero-order valence-corrected chi connectivity index (χ0v) is 13.7. The molecule has 3 amide bonds. The Balaban J connectivity index is 1.79. The predicted molar refractivity (Wildman–Crippen MR) is 90.4 cm³/mol. The van der Waals surface area contributed by atoms with E-state index in [4.69, 9.17) is 0 Å². The van der Waals surface area contributed by atoms with Crippen LogP contribution in [0.4, 0.5) is 10.1 Å². The normalized spacial score (nSPS) is 14.1. The summed E-state index contributed by atoms with van der Waals surface area (Å²) in [5, 5.41) is 0. The van der Waals surface area contributed by atoms with E-state index in [1.807, 2.05) is 0 Å². The molecule has 3 rings (SSSR count). The molecule has 1 fully saturated rings.